The van der Waals surface area contributed by atoms with E-state index in [-0.39, 0.29) is 11.9 Å². The number of hydrogen-bond acceptors (Lipinski definition) is 2. The van der Waals surface area contributed by atoms with E-state index in [9.17, 15) is 4.79 Å². The average Bonchev–Trinajstić information content (AvgIpc) is 2.98. The highest BCUT2D eigenvalue weighted by Crippen LogP contribution is 2.22. The summed E-state index contributed by atoms with van der Waals surface area (Å²) in [5.41, 5.74) is 8.54. The zero-order valence-electron chi connectivity index (χ0n) is 14.0. The molecule has 0 saturated carbocycles. The molecule has 0 aliphatic carbocycles. The normalized spacial score (nSPS) is 15.0. The first-order chi connectivity index (χ1) is 11.5. The molecular formula is C20H23N3O. The predicted octanol–water partition coefficient (Wildman–Crippen LogP) is 3.31. The summed E-state index contributed by atoms with van der Waals surface area (Å²) in [4.78, 5) is 15.9. The van der Waals surface area contributed by atoms with E-state index in [1.807, 2.05) is 67.7 Å². The van der Waals surface area contributed by atoms with Crippen LogP contribution in [0.2, 0.25) is 0 Å². The third-order valence-corrected chi connectivity index (χ3v) is 4.40. The maximum Gasteiger partial charge on any atom is 0.240 e. The van der Waals surface area contributed by atoms with Crippen molar-refractivity contribution in [1.29, 1.82) is 0 Å². The molecule has 1 heterocycles. The van der Waals surface area contributed by atoms with E-state index in [4.69, 9.17) is 5.73 Å². The summed E-state index contributed by atoms with van der Waals surface area (Å²) >= 11 is 0. The molecule has 1 aromatic heterocycles. The standard InChI is InChI=1S/C20H23N3O/c1-14(15-8-4-3-5-9-15)23-19(24)20(2,21)12-16-13-22-18-11-7-6-10-17(16)18/h3-11,13-14,22H,12,21H2,1-2H3,(H,23,24)/t14?,20-/m0/s1. The van der Waals surface area contributed by atoms with Crippen LogP contribution in [-0.2, 0) is 11.2 Å². The number of amides is 1. The molecule has 0 bridgehead atoms. The fraction of sp³-hybridized carbons (Fsp3) is 0.250. The van der Waals surface area contributed by atoms with Crippen LogP contribution in [0.4, 0.5) is 0 Å². The summed E-state index contributed by atoms with van der Waals surface area (Å²) in [5, 5.41) is 4.13. The molecule has 2 aromatic carbocycles. The van der Waals surface area contributed by atoms with Gasteiger partial charge in [0.2, 0.25) is 5.91 Å². The summed E-state index contributed by atoms with van der Waals surface area (Å²) in [6, 6.07) is 17.8. The Morgan fingerprint density at radius 1 is 1.17 bits per heavy atom. The van der Waals surface area contributed by atoms with Crippen molar-refractivity contribution in [2.75, 3.05) is 0 Å². The molecule has 0 aliphatic heterocycles. The Bertz CT molecular complexity index is 836. The summed E-state index contributed by atoms with van der Waals surface area (Å²) in [6.07, 6.45) is 2.41. The van der Waals surface area contributed by atoms with Gasteiger partial charge in [-0.05, 0) is 31.0 Å². The molecule has 4 N–H and O–H groups in total. The summed E-state index contributed by atoms with van der Waals surface area (Å²) < 4.78 is 0. The van der Waals surface area contributed by atoms with Gasteiger partial charge < -0.3 is 16.0 Å². The largest absolute Gasteiger partial charge is 0.361 e. The Morgan fingerprint density at radius 3 is 2.58 bits per heavy atom. The third-order valence-electron chi connectivity index (χ3n) is 4.40. The predicted molar refractivity (Wildman–Crippen MR) is 97.6 cm³/mol. The Labute approximate surface area is 142 Å². The van der Waals surface area contributed by atoms with E-state index in [0.29, 0.717) is 6.42 Å². The second kappa shape index (κ2) is 6.49. The molecule has 24 heavy (non-hydrogen) atoms. The van der Waals surface area contributed by atoms with Crippen LogP contribution in [0.25, 0.3) is 10.9 Å². The maximum atomic E-state index is 12.7. The van der Waals surface area contributed by atoms with Gasteiger partial charge >= 0.3 is 0 Å². The number of para-hydroxylation sites is 1. The molecule has 4 nitrogen and oxygen atoms in total. The van der Waals surface area contributed by atoms with Crippen LogP contribution >= 0.6 is 0 Å². The maximum absolute atomic E-state index is 12.7. The van der Waals surface area contributed by atoms with Gasteiger partial charge in [-0.3, -0.25) is 4.79 Å². The Morgan fingerprint density at radius 2 is 1.83 bits per heavy atom. The van der Waals surface area contributed by atoms with Gasteiger partial charge in [0.05, 0.1) is 11.6 Å². The van der Waals surface area contributed by atoms with Crippen molar-refractivity contribution in [2.45, 2.75) is 31.8 Å². The van der Waals surface area contributed by atoms with E-state index < -0.39 is 5.54 Å². The Hall–Kier alpha value is -2.59. The number of rotatable bonds is 5. The molecule has 4 heteroatoms. The van der Waals surface area contributed by atoms with Gasteiger partial charge in [0.15, 0.2) is 0 Å². The molecule has 0 aliphatic rings. The second-order valence-electron chi connectivity index (χ2n) is 6.56. The van der Waals surface area contributed by atoms with Crippen molar-refractivity contribution in [2.24, 2.45) is 5.73 Å². The topological polar surface area (TPSA) is 70.9 Å². The van der Waals surface area contributed by atoms with E-state index in [1.54, 1.807) is 6.92 Å². The average molecular weight is 321 g/mol. The zero-order chi connectivity index (χ0) is 17.2. The van der Waals surface area contributed by atoms with Crippen LogP contribution in [0, 0.1) is 0 Å². The van der Waals surface area contributed by atoms with E-state index in [2.05, 4.69) is 10.3 Å². The van der Waals surface area contributed by atoms with Crippen molar-refractivity contribution >= 4 is 16.8 Å². The number of benzene rings is 2. The Balaban J connectivity index is 1.73. The smallest absolute Gasteiger partial charge is 0.240 e. The summed E-state index contributed by atoms with van der Waals surface area (Å²) in [7, 11) is 0. The third kappa shape index (κ3) is 3.34. The highest BCUT2D eigenvalue weighted by molar-refractivity contribution is 5.88. The highest BCUT2D eigenvalue weighted by Gasteiger charge is 2.30. The SMILES string of the molecule is CC(NC(=O)[C@@](C)(N)Cc1c[nH]c2ccccc12)c1ccccc1. The number of aromatic amines is 1. The molecule has 124 valence electrons. The highest BCUT2D eigenvalue weighted by atomic mass is 16.2. The number of fused-ring (bicyclic) bond motifs is 1. The Kier molecular flexibility index (Phi) is 4.40. The lowest BCUT2D eigenvalue weighted by Crippen LogP contribution is -2.53. The van der Waals surface area contributed by atoms with Crippen LogP contribution in [-0.4, -0.2) is 16.4 Å². The molecule has 0 spiro atoms. The minimum atomic E-state index is -0.978. The van der Waals surface area contributed by atoms with Crippen molar-refractivity contribution in [3.63, 3.8) is 0 Å². The first kappa shape index (κ1) is 16.3. The molecule has 1 unspecified atom stereocenters. The number of carbonyl (C=O) groups is 1. The number of H-pyrrole nitrogens is 1. The molecule has 0 fully saturated rings. The second-order valence-corrected chi connectivity index (χ2v) is 6.56. The number of aromatic nitrogens is 1. The minimum absolute atomic E-state index is 0.0791. The van der Waals surface area contributed by atoms with Gasteiger partial charge in [0.1, 0.15) is 0 Å². The van der Waals surface area contributed by atoms with Gasteiger partial charge in [0.25, 0.3) is 0 Å². The van der Waals surface area contributed by atoms with E-state index >= 15 is 0 Å². The zero-order valence-corrected chi connectivity index (χ0v) is 14.0. The van der Waals surface area contributed by atoms with Crippen LogP contribution < -0.4 is 11.1 Å². The lowest BCUT2D eigenvalue weighted by Gasteiger charge is -2.26. The molecule has 2 atom stereocenters. The van der Waals surface area contributed by atoms with Crippen molar-refractivity contribution in [3.8, 4) is 0 Å². The monoisotopic (exact) mass is 321 g/mol. The molecule has 3 rings (SSSR count). The van der Waals surface area contributed by atoms with Gasteiger partial charge in [-0.2, -0.15) is 0 Å². The molecule has 1 amide bonds. The summed E-state index contributed by atoms with van der Waals surface area (Å²) in [5.74, 6) is -0.149. The first-order valence-electron chi connectivity index (χ1n) is 8.17. The summed E-state index contributed by atoms with van der Waals surface area (Å²) in [6.45, 7) is 3.75. The van der Waals surface area contributed by atoms with Crippen LogP contribution in [0.3, 0.4) is 0 Å². The fourth-order valence-corrected chi connectivity index (χ4v) is 2.94. The quantitative estimate of drug-likeness (QED) is 0.675. The van der Waals surface area contributed by atoms with Crippen molar-refractivity contribution in [1.82, 2.24) is 10.3 Å². The van der Waals surface area contributed by atoms with Gasteiger partial charge in [-0.1, -0.05) is 48.5 Å². The van der Waals surface area contributed by atoms with Crippen LogP contribution in [0.1, 0.15) is 31.0 Å². The van der Waals surface area contributed by atoms with Crippen molar-refractivity contribution < 1.29 is 4.79 Å². The number of carbonyl (C=O) groups excluding carboxylic acids is 1. The lowest BCUT2D eigenvalue weighted by molar-refractivity contribution is -0.126. The first-order valence-corrected chi connectivity index (χ1v) is 8.17. The fourth-order valence-electron chi connectivity index (χ4n) is 2.94. The van der Waals surface area contributed by atoms with Crippen LogP contribution in [0.5, 0.6) is 0 Å². The molecule has 3 aromatic rings. The minimum Gasteiger partial charge on any atom is -0.361 e. The van der Waals surface area contributed by atoms with Crippen LogP contribution in [0.15, 0.2) is 60.8 Å². The van der Waals surface area contributed by atoms with E-state index in [0.717, 1.165) is 22.0 Å². The number of hydrogen-bond donors (Lipinski definition) is 3. The lowest BCUT2D eigenvalue weighted by atomic mass is 9.92. The number of nitrogens with two attached hydrogens (primary N) is 1. The molecule has 0 saturated heterocycles. The molecular weight excluding hydrogens is 298 g/mol. The van der Waals surface area contributed by atoms with Gasteiger partial charge in [-0.25, -0.2) is 0 Å². The number of nitrogens with one attached hydrogen (secondary N) is 2. The van der Waals surface area contributed by atoms with Gasteiger partial charge in [0, 0.05) is 23.5 Å². The van der Waals surface area contributed by atoms with Crippen molar-refractivity contribution in [3.05, 3.63) is 71.9 Å². The van der Waals surface area contributed by atoms with E-state index in [1.165, 1.54) is 0 Å². The van der Waals surface area contributed by atoms with Gasteiger partial charge in [-0.15, -0.1) is 0 Å². The molecule has 0 radical (unpaired) electrons.